The second kappa shape index (κ2) is 4.75. The summed E-state index contributed by atoms with van der Waals surface area (Å²) in [6, 6.07) is 7.24. The first-order valence-corrected chi connectivity index (χ1v) is 5.89. The quantitative estimate of drug-likeness (QED) is 0.873. The molecule has 0 aliphatic carbocycles. The number of halogens is 1. The minimum Gasteiger partial charge on any atom is -0.446 e. The lowest BCUT2D eigenvalue weighted by molar-refractivity contribution is 0.172. The fourth-order valence-corrected chi connectivity index (χ4v) is 1.74. The number of hydrogen-bond acceptors (Lipinski definition) is 4. The van der Waals surface area contributed by atoms with Crippen molar-refractivity contribution in [2.75, 3.05) is 0 Å². The van der Waals surface area contributed by atoms with Gasteiger partial charge in [0.1, 0.15) is 0 Å². The molecule has 0 atom stereocenters. The monoisotopic (exact) mass is 298 g/mol. The summed E-state index contributed by atoms with van der Waals surface area (Å²) >= 11 is 3.35. The zero-order chi connectivity index (χ0) is 12.4. The average Bonchev–Trinajstić information content (AvgIpc) is 2.59. The van der Waals surface area contributed by atoms with E-state index in [0.29, 0.717) is 5.69 Å². The lowest BCUT2D eigenvalue weighted by Gasteiger charge is -2.02. The summed E-state index contributed by atoms with van der Waals surface area (Å²) in [5, 5.41) is 3.97. The summed E-state index contributed by atoms with van der Waals surface area (Å²) in [4.78, 5) is 11.6. The Balaban J connectivity index is 2.43. The highest BCUT2D eigenvalue weighted by Gasteiger charge is 2.13. The fraction of sp³-hybridized carbons (Fsp3) is 0.273. The molecular formula is C11H11BrN2O3. The van der Waals surface area contributed by atoms with Crippen LogP contribution in [0.25, 0.3) is 5.69 Å². The lowest BCUT2D eigenvalue weighted by Crippen LogP contribution is -2.13. The second-order valence-electron chi connectivity index (χ2n) is 3.66. The molecule has 1 heterocycles. The van der Waals surface area contributed by atoms with Crippen LogP contribution in [0.1, 0.15) is 13.8 Å². The first-order valence-electron chi connectivity index (χ1n) is 5.09. The predicted molar refractivity (Wildman–Crippen MR) is 65.6 cm³/mol. The molecular weight excluding hydrogens is 288 g/mol. The van der Waals surface area contributed by atoms with Crippen molar-refractivity contribution in [1.82, 2.24) is 9.78 Å². The van der Waals surface area contributed by atoms with Gasteiger partial charge in [-0.15, -0.1) is 0 Å². The normalized spacial score (nSPS) is 10.8. The van der Waals surface area contributed by atoms with Crippen molar-refractivity contribution < 1.29 is 9.15 Å². The van der Waals surface area contributed by atoms with Gasteiger partial charge in [-0.3, -0.25) is 0 Å². The molecule has 0 amide bonds. The minimum atomic E-state index is -0.576. The number of benzene rings is 1. The molecule has 0 fully saturated rings. The van der Waals surface area contributed by atoms with Crippen molar-refractivity contribution in [2.24, 2.45) is 0 Å². The van der Waals surface area contributed by atoms with Crippen LogP contribution < -0.4 is 10.5 Å². The standard InChI is InChI=1S/C11H11BrN2O3/c1-7(2)16-10-13-14(11(15)17-10)9-6-4-3-5-8(9)12/h3-7H,1-2H3. The second-order valence-corrected chi connectivity index (χ2v) is 4.52. The van der Waals surface area contributed by atoms with Gasteiger partial charge in [0.2, 0.25) is 0 Å². The summed E-state index contributed by atoms with van der Waals surface area (Å²) in [5.74, 6) is -0.576. The van der Waals surface area contributed by atoms with Gasteiger partial charge in [-0.05, 0) is 41.9 Å². The van der Waals surface area contributed by atoms with E-state index in [1.165, 1.54) is 0 Å². The van der Waals surface area contributed by atoms with Crippen molar-refractivity contribution in [3.8, 4) is 11.8 Å². The molecule has 17 heavy (non-hydrogen) atoms. The van der Waals surface area contributed by atoms with Gasteiger partial charge in [-0.25, -0.2) is 4.79 Å². The van der Waals surface area contributed by atoms with Gasteiger partial charge >= 0.3 is 11.8 Å². The van der Waals surface area contributed by atoms with E-state index in [2.05, 4.69) is 21.0 Å². The lowest BCUT2D eigenvalue weighted by atomic mass is 10.3. The molecule has 5 nitrogen and oxygen atoms in total. The molecule has 0 radical (unpaired) electrons. The van der Waals surface area contributed by atoms with Crippen LogP contribution in [0.2, 0.25) is 0 Å². The Hall–Kier alpha value is -1.56. The summed E-state index contributed by atoms with van der Waals surface area (Å²) in [7, 11) is 0. The van der Waals surface area contributed by atoms with Crippen molar-refractivity contribution in [3.05, 3.63) is 39.3 Å². The van der Waals surface area contributed by atoms with Crippen LogP contribution in [0.5, 0.6) is 6.08 Å². The molecule has 0 N–H and O–H groups in total. The van der Waals surface area contributed by atoms with Crippen molar-refractivity contribution in [3.63, 3.8) is 0 Å². The van der Waals surface area contributed by atoms with E-state index in [-0.39, 0.29) is 12.2 Å². The molecule has 90 valence electrons. The molecule has 2 aromatic rings. The van der Waals surface area contributed by atoms with Gasteiger partial charge < -0.3 is 9.15 Å². The molecule has 0 aliphatic heterocycles. The predicted octanol–water partition coefficient (Wildman–Crippen LogP) is 2.38. The maximum atomic E-state index is 11.6. The first kappa shape index (κ1) is 11.9. The largest absolute Gasteiger partial charge is 0.446 e. The molecule has 0 unspecified atom stereocenters. The third kappa shape index (κ3) is 2.58. The van der Waals surface area contributed by atoms with E-state index in [1.54, 1.807) is 6.07 Å². The average molecular weight is 299 g/mol. The minimum absolute atomic E-state index is 0.0271. The van der Waals surface area contributed by atoms with Crippen LogP contribution in [-0.4, -0.2) is 15.9 Å². The van der Waals surface area contributed by atoms with Gasteiger partial charge in [0.05, 0.1) is 11.8 Å². The smallest absolute Gasteiger partial charge is 0.444 e. The molecule has 0 saturated heterocycles. The number of para-hydroxylation sites is 1. The number of hydrogen-bond donors (Lipinski definition) is 0. The number of aromatic nitrogens is 2. The van der Waals surface area contributed by atoms with Crippen molar-refractivity contribution >= 4 is 15.9 Å². The Bertz CT molecular complexity index is 574. The first-order chi connectivity index (χ1) is 8.08. The maximum Gasteiger partial charge on any atom is 0.444 e. The maximum absolute atomic E-state index is 11.6. The highest BCUT2D eigenvalue weighted by Crippen LogP contribution is 2.19. The van der Waals surface area contributed by atoms with Crippen LogP contribution >= 0.6 is 15.9 Å². The third-order valence-corrected chi connectivity index (χ3v) is 2.62. The van der Waals surface area contributed by atoms with Gasteiger partial charge in [-0.2, -0.15) is 4.68 Å². The van der Waals surface area contributed by atoms with Crippen LogP contribution in [0.3, 0.4) is 0 Å². The van der Waals surface area contributed by atoms with E-state index in [1.807, 2.05) is 32.0 Å². The van der Waals surface area contributed by atoms with E-state index < -0.39 is 5.76 Å². The van der Waals surface area contributed by atoms with E-state index in [9.17, 15) is 4.79 Å². The van der Waals surface area contributed by atoms with Crippen molar-refractivity contribution in [2.45, 2.75) is 20.0 Å². The molecule has 1 aromatic heterocycles. The number of nitrogens with zero attached hydrogens (tertiary/aromatic N) is 2. The summed E-state index contributed by atoms with van der Waals surface area (Å²) in [6.45, 7) is 3.66. The molecule has 0 spiro atoms. The van der Waals surface area contributed by atoms with Crippen molar-refractivity contribution in [1.29, 1.82) is 0 Å². The number of rotatable bonds is 3. The van der Waals surface area contributed by atoms with Crippen LogP contribution in [0.15, 0.2) is 37.9 Å². The Morgan fingerprint density at radius 3 is 2.76 bits per heavy atom. The molecule has 0 aliphatic rings. The Labute approximate surface area is 106 Å². The summed E-state index contributed by atoms with van der Waals surface area (Å²) < 4.78 is 12.0. The molecule has 1 aromatic carbocycles. The summed E-state index contributed by atoms with van der Waals surface area (Å²) in [6.07, 6.45) is -0.124. The van der Waals surface area contributed by atoms with Gasteiger partial charge in [-0.1, -0.05) is 17.2 Å². The molecule has 6 heteroatoms. The highest BCUT2D eigenvalue weighted by atomic mass is 79.9. The molecule has 2 rings (SSSR count). The van der Waals surface area contributed by atoms with Crippen LogP contribution in [0.4, 0.5) is 0 Å². The highest BCUT2D eigenvalue weighted by molar-refractivity contribution is 9.10. The van der Waals surface area contributed by atoms with Gasteiger partial charge in [0.25, 0.3) is 0 Å². The topological polar surface area (TPSA) is 57.3 Å². The van der Waals surface area contributed by atoms with Crippen LogP contribution in [-0.2, 0) is 0 Å². The summed E-state index contributed by atoms with van der Waals surface area (Å²) in [5.41, 5.74) is 0.611. The van der Waals surface area contributed by atoms with Crippen LogP contribution in [0, 0.1) is 0 Å². The van der Waals surface area contributed by atoms with E-state index in [0.717, 1.165) is 9.15 Å². The fourth-order valence-electron chi connectivity index (χ4n) is 1.29. The zero-order valence-electron chi connectivity index (χ0n) is 9.38. The van der Waals surface area contributed by atoms with Gasteiger partial charge in [0.15, 0.2) is 0 Å². The molecule has 0 saturated carbocycles. The van der Waals surface area contributed by atoms with Gasteiger partial charge in [0, 0.05) is 4.47 Å². The third-order valence-electron chi connectivity index (χ3n) is 1.95. The Morgan fingerprint density at radius 2 is 2.12 bits per heavy atom. The Morgan fingerprint density at radius 1 is 1.41 bits per heavy atom. The Kier molecular flexibility index (Phi) is 3.33. The molecule has 0 bridgehead atoms. The SMILES string of the molecule is CC(C)Oc1nn(-c2ccccc2Br)c(=O)o1. The number of ether oxygens (including phenoxy) is 1. The zero-order valence-corrected chi connectivity index (χ0v) is 11.0. The van der Waals surface area contributed by atoms with E-state index >= 15 is 0 Å². The van der Waals surface area contributed by atoms with E-state index in [4.69, 9.17) is 9.15 Å².